The zero-order chi connectivity index (χ0) is 26.4. The minimum Gasteiger partial charge on any atom is -0.365 e. The van der Waals surface area contributed by atoms with E-state index < -0.39 is 0 Å². The van der Waals surface area contributed by atoms with Gasteiger partial charge < -0.3 is 20.0 Å². The maximum absolute atomic E-state index is 12.7. The Morgan fingerprint density at radius 3 is 1.57 bits per heavy atom. The second-order valence-corrected chi connectivity index (χ2v) is 9.85. The van der Waals surface area contributed by atoms with Gasteiger partial charge in [-0.3, -0.25) is 9.69 Å². The van der Waals surface area contributed by atoms with Crippen molar-refractivity contribution < 1.29 is 59.1 Å². The van der Waals surface area contributed by atoms with Gasteiger partial charge in [-0.15, -0.1) is 0 Å². The molecule has 1 aliphatic heterocycles. The Bertz CT molecular complexity index is 957. The zero-order valence-corrected chi connectivity index (χ0v) is 24.2. The molecule has 202 valence electrons. The van der Waals surface area contributed by atoms with Gasteiger partial charge in [0.25, 0.3) is 0 Å². The molecule has 1 fully saturated rings. The molecule has 0 aromatic heterocycles. The monoisotopic (exact) mass is 653 g/mol. The van der Waals surface area contributed by atoms with Gasteiger partial charge in [-0.1, -0.05) is 45.0 Å². The van der Waals surface area contributed by atoms with Crippen molar-refractivity contribution in [2.24, 2.45) is 0 Å². The minimum atomic E-state index is -0.0979. The van der Waals surface area contributed by atoms with Crippen molar-refractivity contribution in [2.45, 2.75) is 32.7 Å². The first-order chi connectivity index (χ1) is 17.2. The third-order valence-electron chi connectivity index (χ3n) is 6.14. The fourth-order valence-corrected chi connectivity index (χ4v) is 3.85. The summed E-state index contributed by atoms with van der Waals surface area (Å²) in [7, 11) is 0. The quantitative estimate of drug-likeness (QED) is 0.434. The predicted octanol–water partition coefficient (Wildman–Crippen LogP) is 0.858. The molecule has 1 aromatic carbocycles. The Morgan fingerprint density at radius 1 is 0.784 bits per heavy atom. The first-order valence-corrected chi connectivity index (χ1v) is 12.2. The summed E-state index contributed by atoms with van der Waals surface area (Å²) in [5.74, 6) is 5.33. The Kier molecular flexibility index (Phi) is 15.3. The third kappa shape index (κ3) is 12.7. The number of nitrogens with zero attached hydrogens (tertiary/aromatic N) is 4. The van der Waals surface area contributed by atoms with E-state index in [0.717, 1.165) is 5.56 Å². The van der Waals surface area contributed by atoms with Gasteiger partial charge in [-0.05, 0) is 16.5 Å². The van der Waals surface area contributed by atoms with E-state index in [2.05, 4.69) is 38.2 Å². The third-order valence-corrected chi connectivity index (χ3v) is 6.14. The molecule has 1 aliphatic rings. The molecule has 2 rings (SSSR count). The normalized spacial score (nSPS) is 15.5. The van der Waals surface area contributed by atoms with Crippen LogP contribution in [0.4, 0.5) is 0 Å². The van der Waals surface area contributed by atoms with Gasteiger partial charge >= 0.3 is 0 Å². The summed E-state index contributed by atoms with van der Waals surface area (Å²) in [6.45, 7) is 11.2. The van der Waals surface area contributed by atoms with Crippen LogP contribution in [0.5, 0.6) is 0 Å². The number of hydrogen-bond donors (Lipinski definition) is 1. The van der Waals surface area contributed by atoms with Crippen molar-refractivity contribution >= 4 is 23.7 Å². The molecule has 0 atom stereocenters. The van der Waals surface area contributed by atoms with E-state index in [9.17, 15) is 19.2 Å². The van der Waals surface area contributed by atoms with Crippen LogP contribution in [0.3, 0.4) is 0 Å². The Labute approximate surface area is 251 Å². The average molecular weight is 653 g/mol. The van der Waals surface area contributed by atoms with Crippen molar-refractivity contribution in [2.75, 3.05) is 58.9 Å². The van der Waals surface area contributed by atoms with E-state index in [1.807, 2.05) is 38.7 Å². The summed E-state index contributed by atoms with van der Waals surface area (Å²) in [5.41, 5.74) is 2.35. The van der Waals surface area contributed by atoms with Crippen LogP contribution < -0.4 is 5.32 Å². The van der Waals surface area contributed by atoms with Crippen LogP contribution in [0.15, 0.2) is 42.9 Å². The first kappa shape index (κ1) is 32.8. The topological polar surface area (TPSA) is 93.3 Å². The number of amides is 1. The van der Waals surface area contributed by atoms with Gasteiger partial charge in [0.2, 0.25) is 5.91 Å². The van der Waals surface area contributed by atoms with Crippen LogP contribution in [0.2, 0.25) is 0 Å². The molecule has 1 aromatic rings. The number of nitrogens with one attached hydrogen (secondary N) is 1. The van der Waals surface area contributed by atoms with E-state index >= 15 is 0 Å². The number of rotatable bonds is 7. The van der Waals surface area contributed by atoms with Crippen molar-refractivity contribution in [3.8, 4) is 0 Å². The average Bonchev–Trinajstić information content (AvgIpc) is 2.84. The molecule has 0 spiro atoms. The van der Waals surface area contributed by atoms with Crippen LogP contribution in [-0.4, -0.2) is 102 Å². The van der Waals surface area contributed by atoms with Crippen LogP contribution in [-0.2, 0) is 31.1 Å². The zero-order valence-electron chi connectivity index (χ0n) is 21.9. The van der Waals surface area contributed by atoms with Gasteiger partial charge in [0.05, 0.1) is 25.1 Å². The molecule has 1 N–H and O–H groups in total. The van der Waals surface area contributed by atoms with Crippen LogP contribution in [0.1, 0.15) is 31.9 Å². The van der Waals surface area contributed by atoms with Crippen molar-refractivity contribution in [3.05, 3.63) is 54.0 Å². The summed E-state index contributed by atoms with van der Waals surface area (Å²) in [6, 6.07) is 8.25. The van der Waals surface area contributed by atoms with E-state index in [4.69, 9.17) is 0 Å². The molecule has 0 radical (unpaired) electrons. The molecule has 9 nitrogen and oxygen atoms in total. The van der Waals surface area contributed by atoms with Crippen LogP contribution >= 0.6 is 0 Å². The fourth-order valence-electron chi connectivity index (χ4n) is 3.85. The second-order valence-electron chi connectivity index (χ2n) is 9.85. The van der Waals surface area contributed by atoms with Crippen molar-refractivity contribution in [1.29, 1.82) is 0 Å². The Morgan fingerprint density at radius 2 is 1.19 bits per heavy atom. The number of carbonyl (C=O) groups excluding carboxylic acids is 4. The summed E-state index contributed by atoms with van der Waals surface area (Å²) >= 11 is 0. The molecule has 1 amide bonds. The Hall–Kier alpha value is -2.28. The Balaban J connectivity index is 0.00000684. The summed E-state index contributed by atoms with van der Waals surface area (Å²) in [5, 5.41) is 2.99. The molecule has 1 heterocycles. The standard InChI is InChI=1S/C27H37N5O4.Gd/c1-27(2,3)25-6-4-24(5-7-25)22-28-26(36)23-32-14-12-30(17-20-34)10-8-29(16-19-33)9-11-31(13-15-32)18-21-35;/h4-7,16-18H,8-15,22-23H2,1-3H3,(H,28,36);. The van der Waals surface area contributed by atoms with E-state index in [0.29, 0.717) is 58.9 Å². The maximum Gasteiger partial charge on any atom is 0.234 e. The molecular formula is C27H37GdN5O4. The number of benzene rings is 1. The van der Waals surface area contributed by atoms with Crippen LogP contribution in [0, 0.1) is 39.9 Å². The van der Waals surface area contributed by atoms with E-state index in [1.54, 1.807) is 10.8 Å². The molecule has 0 bridgehead atoms. The summed E-state index contributed by atoms with van der Waals surface area (Å²) < 4.78 is 0. The smallest absolute Gasteiger partial charge is 0.234 e. The van der Waals surface area contributed by atoms with Gasteiger partial charge in [-0.25, -0.2) is 14.4 Å². The number of carbonyl (C=O) groups is 1. The first-order valence-electron chi connectivity index (χ1n) is 12.2. The second kappa shape index (κ2) is 17.3. The molecule has 0 saturated carbocycles. The van der Waals surface area contributed by atoms with Crippen molar-refractivity contribution in [3.63, 3.8) is 0 Å². The van der Waals surface area contributed by atoms with Crippen LogP contribution in [0.25, 0.3) is 0 Å². The summed E-state index contributed by atoms with van der Waals surface area (Å²) in [4.78, 5) is 53.1. The van der Waals surface area contributed by atoms with Gasteiger partial charge in [-0.2, -0.15) is 0 Å². The summed E-state index contributed by atoms with van der Waals surface area (Å²) in [6.07, 6.45) is 4.05. The molecule has 10 heteroatoms. The molecule has 1 saturated heterocycles. The fraction of sp³-hybridized carbons (Fsp3) is 0.519. The predicted molar refractivity (Wildman–Crippen MR) is 139 cm³/mol. The van der Waals surface area contributed by atoms with Gasteiger partial charge in [0.1, 0.15) is 17.8 Å². The van der Waals surface area contributed by atoms with Crippen molar-refractivity contribution in [1.82, 2.24) is 24.9 Å². The number of hydrogen-bond acceptors (Lipinski definition) is 8. The SMILES string of the molecule is CC(C)(C)c1ccc(CNC(=O)CN2CCN(C=C=O)CCN(C=C=O)CCN(C=C=O)CC2)cc1.[Gd]. The minimum absolute atomic E-state index is 0. The molecule has 0 aliphatic carbocycles. The van der Waals surface area contributed by atoms with E-state index in [-0.39, 0.29) is 57.8 Å². The van der Waals surface area contributed by atoms with E-state index in [1.165, 1.54) is 24.2 Å². The van der Waals surface area contributed by atoms with Gasteiger partial charge in [0, 0.05) is 98.8 Å². The maximum atomic E-state index is 12.7. The largest absolute Gasteiger partial charge is 0.365 e. The molecule has 0 unspecified atom stereocenters. The molecule has 37 heavy (non-hydrogen) atoms. The molecular weight excluding hydrogens is 616 g/mol. The van der Waals surface area contributed by atoms with Gasteiger partial charge in [0.15, 0.2) is 0 Å².